The molecule has 0 saturated heterocycles. The fourth-order valence-corrected chi connectivity index (χ4v) is 5.33. The van der Waals surface area contributed by atoms with Gasteiger partial charge >= 0.3 is 0 Å². The zero-order valence-electron chi connectivity index (χ0n) is 21.4. The average Bonchev–Trinajstić information content (AvgIpc) is 3.24. The summed E-state index contributed by atoms with van der Waals surface area (Å²) in [5, 5.41) is 4.26. The second kappa shape index (κ2) is 10.5. The van der Waals surface area contributed by atoms with Crippen LogP contribution in [0.5, 0.6) is 11.5 Å². The van der Waals surface area contributed by atoms with Crippen molar-refractivity contribution in [3.8, 4) is 11.5 Å². The lowest BCUT2D eigenvalue weighted by Crippen LogP contribution is -2.14. The highest BCUT2D eigenvalue weighted by atomic mass is 16.5. The number of benzene rings is 4. The summed E-state index contributed by atoms with van der Waals surface area (Å²) in [4.78, 5) is 12.9. The van der Waals surface area contributed by atoms with E-state index in [0.717, 1.165) is 46.6 Å². The molecule has 1 atom stereocenters. The molecule has 1 aliphatic rings. The van der Waals surface area contributed by atoms with Gasteiger partial charge in [-0.05, 0) is 58.7 Å². The summed E-state index contributed by atoms with van der Waals surface area (Å²) in [5.74, 6) is 1.68. The van der Waals surface area contributed by atoms with Gasteiger partial charge in [0.15, 0.2) is 0 Å². The lowest BCUT2D eigenvalue weighted by atomic mass is 9.88. The number of nitrogens with one attached hydrogen (secondary N) is 1. The van der Waals surface area contributed by atoms with E-state index in [-0.39, 0.29) is 11.8 Å². The molecule has 0 bridgehead atoms. The molecule has 5 nitrogen and oxygen atoms in total. The van der Waals surface area contributed by atoms with Crippen LogP contribution in [-0.2, 0) is 17.8 Å². The standard InChI is InChI=1S/C33H30N2O3/c1-37-26-14-10-23(11-15-26)18-19-38-27-16-12-25(13-17-27)28-20-32(36)34-30-8-5-9-31-33(30)29(28)22-35(31)21-24-6-3-2-4-7-24/h2-17,22,28H,18-21H2,1H3,(H,34,36)/t28-/m0/s1. The second-order valence-electron chi connectivity index (χ2n) is 9.72. The molecule has 2 heterocycles. The highest BCUT2D eigenvalue weighted by Crippen LogP contribution is 2.41. The Morgan fingerprint density at radius 1 is 0.842 bits per heavy atom. The zero-order valence-corrected chi connectivity index (χ0v) is 21.4. The molecule has 190 valence electrons. The van der Waals surface area contributed by atoms with Crippen molar-refractivity contribution in [3.05, 3.63) is 126 Å². The fraction of sp³-hybridized carbons (Fsp3) is 0.182. The molecule has 4 aromatic carbocycles. The van der Waals surface area contributed by atoms with E-state index < -0.39 is 0 Å². The van der Waals surface area contributed by atoms with E-state index in [0.29, 0.717) is 13.0 Å². The maximum Gasteiger partial charge on any atom is 0.225 e. The third kappa shape index (κ3) is 4.88. The maximum absolute atomic E-state index is 12.9. The molecule has 0 spiro atoms. The van der Waals surface area contributed by atoms with E-state index in [1.165, 1.54) is 16.7 Å². The summed E-state index contributed by atoms with van der Waals surface area (Å²) in [5.41, 5.74) is 6.75. The molecule has 1 aliphatic heterocycles. The molecular weight excluding hydrogens is 472 g/mol. The molecule has 5 aromatic rings. The SMILES string of the molecule is COc1ccc(CCOc2ccc([C@@H]3CC(=O)Nc4cccc5c4c3cn5Cc3ccccc3)cc2)cc1. The molecule has 5 heteroatoms. The smallest absolute Gasteiger partial charge is 0.225 e. The number of amides is 1. The predicted molar refractivity (Wildman–Crippen MR) is 151 cm³/mol. The molecule has 1 aromatic heterocycles. The van der Waals surface area contributed by atoms with Gasteiger partial charge in [-0.25, -0.2) is 0 Å². The molecule has 0 fully saturated rings. The number of ether oxygens (including phenoxy) is 2. The number of hydrogen-bond donors (Lipinski definition) is 1. The Kier molecular flexibility index (Phi) is 6.57. The van der Waals surface area contributed by atoms with Crippen molar-refractivity contribution in [1.29, 1.82) is 0 Å². The minimum atomic E-state index is -0.0356. The fourth-order valence-electron chi connectivity index (χ4n) is 5.33. The molecule has 0 unspecified atom stereocenters. The number of rotatable bonds is 8. The van der Waals surface area contributed by atoms with Crippen LogP contribution in [0.3, 0.4) is 0 Å². The molecule has 6 rings (SSSR count). The molecular formula is C33H30N2O3. The summed E-state index contributed by atoms with van der Waals surface area (Å²) >= 11 is 0. The Hall–Kier alpha value is -4.51. The van der Waals surface area contributed by atoms with Gasteiger partial charge in [-0.1, -0.05) is 60.7 Å². The first-order valence-corrected chi connectivity index (χ1v) is 13.0. The Balaban J connectivity index is 1.24. The average molecular weight is 503 g/mol. The van der Waals surface area contributed by atoms with E-state index in [2.05, 4.69) is 70.7 Å². The van der Waals surface area contributed by atoms with Crippen molar-refractivity contribution >= 4 is 22.5 Å². The van der Waals surface area contributed by atoms with Crippen molar-refractivity contribution in [2.75, 3.05) is 19.0 Å². The third-order valence-electron chi connectivity index (χ3n) is 7.27. The molecule has 0 saturated carbocycles. The van der Waals surface area contributed by atoms with Crippen molar-refractivity contribution in [2.24, 2.45) is 0 Å². The Labute approximate surface area is 222 Å². The van der Waals surface area contributed by atoms with Gasteiger partial charge in [0.1, 0.15) is 11.5 Å². The van der Waals surface area contributed by atoms with Gasteiger partial charge in [0.25, 0.3) is 0 Å². The van der Waals surface area contributed by atoms with Crippen molar-refractivity contribution in [2.45, 2.75) is 25.3 Å². The largest absolute Gasteiger partial charge is 0.497 e. The van der Waals surface area contributed by atoms with Crippen LogP contribution in [0.4, 0.5) is 5.69 Å². The van der Waals surface area contributed by atoms with Gasteiger partial charge < -0.3 is 19.4 Å². The van der Waals surface area contributed by atoms with E-state index >= 15 is 0 Å². The number of aromatic nitrogens is 1. The van der Waals surface area contributed by atoms with E-state index in [9.17, 15) is 4.79 Å². The zero-order chi connectivity index (χ0) is 25.9. The molecule has 0 radical (unpaired) electrons. The molecule has 1 amide bonds. The van der Waals surface area contributed by atoms with E-state index in [1.807, 2.05) is 42.5 Å². The van der Waals surface area contributed by atoms with Crippen LogP contribution in [0.15, 0.2) is 103 Å². The second-order valence-corrected chi connectivity index (χ2v) is 9.72. The van der Waals surface area contributed by atoms with E-state index in [4.69, 9.17) is 9.47 Å². The van der Waals surface area contributed by atoms with Gasteiger partial charge in [-0.3, -0.25) is 4.79 Å². The Morgan fingerprint density at radius 3 is 2.37 bits per heavy atom. The summed E-state index contributed by atoms with van der Waals surface area (Å²) in [6.45, 7) is 1.37. The van der Waals surface area contributed by atoms with Crippen LogP contribution in [0.1, 0.15) is 34.6 Å². The van der Waals surface area contributed by atoms with Crippen LogP contribution in [-0.4, -0.2) is 24.2 Å². The number of carbonyl (C=O) groups is 1. The summed E-state index contributed by atoms with van der Waals surface area (Å²) in [7, 11) is 1.67. The van der Waals surface area contributed by atoms with Crippen LogP contribution >= 0.6 is 0 Å². The topological polar surface area (TPSA) is 52.5 Å². The lowest BCUT2D eigenvalue weighted by molar-refractivity contribution is -0.116. The first-order valence-electron chi connectivity index (χ1n) is 13.0. The van der Waals surface area contributed by atoms with Gasteiger partial charge in [-0.2, -0.15) is 0 Å². The van der Waals surface area contributed by atoms with Gasteiger partial charge in [-0.15, -0.1) is 0 Å². The number of nitrogens with zero attached hydrogens (tertiary/aromatic N) is 1. The minimum absolute atomic E-state index is 0.0353. The summed E-state index contributed by atoms with van der Waals surface area (Å²) in [6.07, 6.45) is 3.44. The van der Waals surface area contributed by atoms with Crippen LogP contribution < -0.4 is 14.8 Å². The number of carbonyl (C=O) groups excluding carboxylic acids is 1. The van der Waals surface area contributed by atoms with Crippen molar-refractivity contribution in [3.63, 3.8) is 0 Å². The number of anilines is 1. The van der Waals surface area contributed by atoms with Crippen molar-refractivity contribution in [1.82, 2.24) is 4.57 Å². The first kappa shape index (κ1) is 23.9. The molecule has 1 N–H and O–H groups in total. The number of hydrogen-bond acceptors (Lipinski definition) is 3. The van der Waals surface area contributed by atoms with Gasteiger partial charge in [0, 0.05) is 36.9 Å². The maximum atomic E-state index is 12.9. The first-order chi connectivity index (χ1) is 18.7. The normalized spacial score (nSPS) is 14.7. The van der Waals surface area contributed by atoms with Crippen LogP contribution in [0.25, 0.3) is 10.9 Å². The third-order valence-corrected chi connectivity index (χ3v) is 7.27. The molecule has 38 heavy (non-hydrogen) atoms. The number of methoxy groups -OCH3 is 1. The quantitative estimate of drug-likeness (QED) is 0.254. The predicted octanol–water partition coefficient (Wildman–Crippen LogP) is 6.79. The summed E-state index contributed by atoms with van der Waals surface area (Å²) < 4.78 is 13.5. The highest BCUT2D eigenvalue weighted by molar-refractivity contribution is 6.06. The lowest BCUT2D eigenvalue weighted by Gasteiger charge is -2.15. The highest BCUT2D eigenvalue weighted by Gasteiger charge is 2.28. The van der Waals surface area contributed by atoms with Crippen LogP contribution in [0, 0.1) is 0 Å². The van der Waals surface area contributed by atoms with Crippen LogP contribution in [0.2, 0.25) is 0 Å². The van der Waals surface area contributed by atoms with Gasteiger partial charge in [0.2, 0.25) is 5.91 Å². The minimum Gasteiger partial charge on any atom is -0.497 e. The Bertz CT molecular complexity index is 1550. The molecule has 0 aliphatic carbocycles. The van der Waals surface area contributed by atoms with E-state index in [1.54, 1.807) is 7.11 Å². The van der Waals surface area contributed by atoms with Crippen molar-refractivity contribution < 1.29 is 14.3 Å². The summed E-state index contributed by atoms with van der Waals surface area (Å²) in [6, 6.07) is 32.9. The monoisotopic (exact) mass is 502 g/mol. The van der Waals surface area contributed by atoms with Gasteiger partial charge in [0.05, 0.1) is 24.9 Å². The Morgan fingerprint density at radius 2 is 1.61 bits per heavy atom.